The lowest BCUT2D eigenvalue weighted by Gasteiger charge is -2.28. The van der Waals surface area contributed by atoms with Gasteiger partial charge >= 0.3 is 0 Å². The van der Waals surface area contributed by atoms with Crippen molar-refractivity contribution in [1.82, 2.24) is 10.3 Å². The molecule has 0 bridgehead atoms. The van der Waals surface area contributed by atoms with E-state index < -0.39 is 0 Å². The molecule has 0 aromatic carbocycles. The molecule has 0 amide bonds. The third-order valence-corrected chi connectivity index (χ3v) is 4.18. The second kappa shape index (κ2) is 6.90. The predicted octanol–water partition coefficient (Wildman–Crippen LogP) is 3.46. The van der Waals surface area contributed by atoms with Crippen LogP contribution in [-0.2, 0) is 6.54 Å². The molecular weight excluding hydrogens is 236 g/mol. The molecule has 1 aromatic heterocycles. The van der Waals surface area contributed by atoms with E-state index in [-0.39, 0.29) is 0 Å². The summed E-state index contributed by atoms with van der Waals surface area (Å²) < 4.78 is 5.29. The van der Waals surface area contributed by atoms with Crippen LogP contribution < -0.4 is 10.1 Å². The molecule has 1 aliphatic rings. The van der Waals surface area contributed by atoms with Crippen molar-refractivity contribution in [2.75, 3.05) is 7.11 Å². The first-order valence-electron chi connectivity index (χ1n) is 7.44. The molecule has 3 nitrogen and oxygen atoms in total. The Bertz CT molecular complexity index is 400. The van der Waals surface area contributed by atoms with Gasteiger partial charge in [0.25, 0.3) is 0 Å². The maximum absolute atomic E-state index is 5.29. The Kier molecular flexibility index (Phi) is 5.20. The van der Waals surface area contributed by atoms with Crippen LogP contribution in [0.15, 0.2) is 12.1 Å². The van der Waals surface area contributed by atoms with Crippen LogP contribution in [0.2, 0.25) is 0 Å². The minimum absolute atomic E-state index is 0.577. The maximum Gasteiger partial charge on any atom is 0.122 e. The highest BCUT2D eigenvalue weighted by Crippen LogP contribution is 2.26. The van der Waals surface area contributed by atoms with Gasteiger partial charge in [0.1, 0.15) is 5.75 Å². The van der Waals surface area contributed by atoms with Crippen LogP contribution in [0.3, 0.4) is 0 Å². The number of methoxy groups -OCH3 is 1. The quantitative estimate of drug-likeness (QED) is 0.882. The Hall–Kier alpha value is -1.09. The Morgan fingerprint density at radius 2 is 2.05 bits per heavy atom. The number of nitrogens with zero attached hydrogens (tertiary/aromatic N) is 1. The highest BCUT2D eigenvalue weighted by molar-refractivity contribution is 5.26. The first kappa shape index (κ1) is 14.3. The predicted molar refractivity (Wildman–Crippen MR) is 78.4 cm³/mol. The fourth-order valence-electron chi connectivity index (χ4n) is 2.98. The molecule has 1 atom stereocenters. The van der Waals surface area contributed by atoms with Crippen LogP contribution in [0.5, 0.6) is 5.75 Å². The van der Waals surface area contributed by atoms with Crippen molar-refractivity contribution in [2.24, 2.45) is 5.92 Å². The molecule has 19 heavy (non-hydrogen) atoms. The second-order valence-corrected chi connectivity index (χ2v) is 5.71. The molecule has 1 N–H and O–H groups in total. The minimum atomic E-state index is 0.577. The van der Waals surface area contributed by atoms with Crippen molar-refractivity contribution in [3.63, 3.8) is 0 Å². The van der Waals surface area contributed by atoms with E-state index >= 15 is 0 Å². The van der Waals surface area contributed by atoms with E-state index in [0.29, 0.717) is 6.04 Å². The largest absolute Gasteiger partial charge is 0.497 e. The van der Waals surface area contributed by atoms with E-state index in [1.807, 2.05) is 19.1 Å². The molecule has 1 heterocycles. The van der Waals surface area contributed by atoms with Crippen molar-refractivity contribution in [3.05, 3.63) is 23.5 Å². The fourth-order valence-corrected chi connectivity index (χ4v) is 2.98. The van der Waals surface area contributed by atoms with Gasteiger partial charge in [0, 0.05) is 30.4 Å². The van der Waals surface area contributed by atoms with Crippen molar-refractivity contribution in [2.45, 2.75) is 58.5 Å². The van der Waals surface area contributed by atoms with Crippen LogP contribution in [-0.4, -0.2) is 18.1 Å². The number of ether oxygens (including phenoxy) is 1. The topological polar surface area (TPSA) is 34.1 Å². The number of pyridine rings is 1. The zero-order chi connectivity index (χ0) is 13.7. The summed E-state index contributed by atoms with van der Waals surface area (Å²) in [6, 6.07) is 4.57. The summed E-state index contributed by atoms with van der Waals surface area (Å²) >= 11 is 0. The van der Waals surface area contributed by atoms with Crippen LogP contribution in [0, 0.1) is 12.8 Å². The molecular formula is C16H26N2O. The third kappa shape index (κ3) is 4.20. The molecule has 0 saturated heterocycles. The Balaban J connectivity index is 1.88. The smallest absolute Gasteiger partial charge is 0.122 e. The van der Waals surface area contributed by atoms with Crippen molar-refractivity contribution in [1.29, 1.82) is 0 Å². The molecule has 1 fully saturated rings. The van der Waals surface area contributed by atoms with E-state index in [9.17, 15) is 0 Å². The maximum atomic E-state index is 5.29. The van der Waals surface area contributed by atoms with Crippen LogP contribution >= 0.6 is 0 Å². The molecule has 1 saturated carbocycles. The molecule has 1 unspecified atom stereocenters. The monoisotopic (exact) mass is 262 g/mol. The van der Waals surface area contributed by atoms with Gasteiger partial charge in [0.05, 0.1) is 12.8 Å². The lowest BCUT2D eigenvalue weighted by atomic mass is 9.84. The van der Waals surface area contributed by atoms with Gasteiger partial charge in [-0.1, -0.05) is 19.3 Å². The molecule has 1 aliphatic carbocycles. The summed E-state index contributed by atoms with van der Waals surface area (Å²) in [5.41, 5.74) is 2.08. The zero-order valence-electron chi connectivity index (χ0n) is 12.4. The molecule has 3 heteroatoms. The van der Waals surface area contributed by atoms with E-state index in [0.717, 1.165) is 29.6 Å². The summed E-state index contributed by atoms with van der Waals surface area (Å²) in [5, 5.41) is 3.63. The highest BCUT2D eigenvalue weighted by Gasteiger charge is 2.19. The summed E-state index contributed by atoms with van der Waals surface area (Å²) in [6.45, 7) is 5.15. The summed E-state index contributed by atoms with van der Waals surface area (Å²) in [6.07, 6.45) is 6.96. The molecule has 0 aliphatic heterocycles. The standard InChI is InChI=1S/C16H26N2O/c1-12-9-16(19-3)10-15(18-12)11-17-13(2)14-7-5-4-6-8-14/h9-10,13-14,17H,4-8,11H2,1-3H3. The first-order valence-corrected chi connectivity index (χ1v) is 7.44. The van der Waals surface area contributed by atoms with Gasteiger partial charge in [0.15, 0.2) is 0 Å². The lowest BCUT2D eigenvalue weighted by Crippen LogP contribution is -2.34. The van der Waals surface area contributed by atoms with E-state index in [2.05, 4.69) is 17.2 Å². The van der Waals surface area contributed by atoms with Gasteiger partial charge < -0.3 is 10.1 Å². The van der Waals surface area contributed by atoms with Gasteiger partial charge in [-0.3, -0.25) is 4.98 Å². The number of hydrogen-bond acceptors (Lipinski definition) is 3. The average molecular weight is 262 g/mol. The summed E-state index contributed by atoms with van der Waals surface area (Å²) in [5.74, 6) is 1.73. The first-order chi connectivity index (χ1) is 9.19. The van der Waals surface area contributed by atoms with Gasteiger partial charge in [-0.2, -0.15) is 0 Å². The van der Waals surface area contributed by atoms with E-state index in [1.54, 1.807) is 7.11 Å². The van der Waals surface area contributed by atoms with Gasteiger partial charge in [0.2, 0.25) is 0 Å². The normalized spacial score (nSPS) is 18.3. The highest BCUT2D eigenvalue weighted by atomic mass is 16.5. The number of nitrogens with one attached hydrogen (secondary N) is 1. The number of rotatable bonds is 5. The van der Waals surface area contributed by atoms with Crippen LogP contribution in [0.25, 0.3) is 0 Å². The molecule has 1 aromatic rings. The van der Waals surface area contributed by atoms with Crippen molar-refractivity contribution in [3.8, 4) is 5.75 Å². The van der Waals surface area contributed by atoms with Gasteiger partial charge in [-0.05, 0) is 32.6 Å². The van der Waals surface area contributed by atoms with Crippen molar-refractivity contribution < 1.29 is 4.74 Å². The lowest BCUT2D eigenvalue weighted by molar-refractivity contribution is 0.280. The second-order valence-electron chi connectivity index (χ2n) is 5.71. The number of hydrogen-bond donors (Lipinski definition) is 1. The summed E-state index contributed by atoms with van der Waals surface area (Å²) in [4.78, 5) is 4.56. The Morgan fingerprint density at radius 3 is 2.74 bits per heavy atom. The van der Waals surface area contributed by atoms with Crippen LogP contribution in [0.1, 0.15) is 50.4 Å². The van der Waals surface area contributed by atoms with E-state index in [4.69, 9.17) is 4.74 Å². The zero-order valence-corrected chi connectivity index (χ0v) is 12.4. The van der Waals surface area contributed by atoms with Gasteiger partial charge in [-0.15, -0.1) is 0 Å². The van der Waals surface area contributed by atoms with Crippen molar-refractivity contribution >= 4 is 0 Å². The Morgan fingerprint density at radius 1 is 1.32 bits per heavy atom. The minimum Gasteiger partial charge on any atom is -0.497 e. The number of aryl methyl sites for hydroxylation is 1. The molecule has 0 radical (unpaired) electrons. The number of aromatic nitrogens is 1. The summed E-state index contributed by atoms with van der Waals surface area (Å²) in [7, 11) is 1.70. The third-order valence-electron chi connectivity index (χ3n) is 4.18. The average Bonchev–Trinajstić information content (AvgIpc) is 2.45. The van der Waals surface area contributed by atoms with Gasteiger partial charge in [-0.25, -0.2) is 0 Å². The van der Waals surface area contributed by atoms with E-state index in [1.165, 1.54) is 32.1 Å². The fraction of sp³-hybridized carbons (Fsp3) is 0.688. The van der Waals surface area contributed by atoms with Crippen LogP contribution in [0.4, 0.5) is 0 Å². The SMILES string of the molecule is COc1cc(C)nc(CNC(C)C2CCCCC2)c1. The molecule has 106 valence electrons. The molecule has 2 rings (SSSR count). The Labute approximate surface area is 116 Å². The molecule has 0 spiro atoms.